The van der Waals surface area contributed by atoms with Gasteiger partial charge in [-0.2, -0.15) is 0 Å². The van der Waals surface area contributed by atoms with E-state index in [-0.39, 0.29) is 0 Å². The zero-order valence-electron chi connectivity index (χ0n) is 8.27. The number of benzene rings is 1. The Morgan fingerprint density at radius 2 is 2.00 bits per heavy atom. The van der Waals surface area contributed by atoms with Crippen LogP contribution in [0.15, 0.2) is 52.1 Å². The Kier molecular flexibility index (Phi) is 3.70. The van der Waals surface area contributed by atoms with Crippen molar-refractivity contribution in [1.29, 1.82) is 0 Å². The molecule has 0 unspecified atom stereocenters. The van der Waals surface area contributed by atoms with Crippen molar-refractivity contribution < 1.29 is 0 Å². The second-order valence-corrected chi connectivity index (χ2v) is 4.44. The summed E-state index contributed by atoms with van der Waals surface area (Å²) in [5.74, 6) is 0.656. The lowest BCUT2D eigenvalue weighted by molar-refractivity contribution is 1.26. The van der Waals surface area contributed by atoms with E-state index in [1.807, 2.05) is 36.4 Å². The molecule has 1 aromatic carbocycles. The Balaban J connectivity index is 2.21. The highest BCUT2D eigenvalue weighted by molar-refractivity contribution is 9.10. The van der Waals surface area contributed by atoms with Gasteiger partial charge in [-0.3, -0.25) is 0 Å². The molecular formula is C12H8BrClN2. The fourth-order valence-electron chi connectivity index (χ4n) is 1.16. The van der Waals surface area contributed by atoms with E-state index in [9.17, 15) is 0 Å². The molecule has 0 amide bonds. The van der Waals surface area contributed by atoms with Crippen molar-refractivity contribution >= 4 is 39.6 Å². The summed E-state index contributed by atoms with van der Waals surface area (Å²) in [7, 11) is 0. The molecule has 0 aliphatic rings. The first-order valence-corrected chi connectivity index (χ1v) is 5.83. The molecular weight excluding hydrogens is 288 g/mol. The van der Waals surface area contributed by atoms with Crippen LogP contribution in [0, 0.1) is 0 Å². The van der Waals surface area contributed by atoms with Crippen LogP contribution in [0.5, 0.6) is 0 Å². The predicted octanol–water partition coefficient (Wildman–Crippen LogP) is 4.25. The van der Waals surface area contributed by atoms with Gasteiger partial charge in [0.15, 0.2) is 5.82 Å². The van der Waals surface area contributed by atoms with Crippen molar-refractivity contribution in [2.45, 2.75) is 0 Å². The zero-order chi connectivity index (χ0) is 11.4. The van der Waals surface area contributed by atoms with Crippen LogP contribution in [0.3, 0.4) is 0 Å². The van der Waals surface area contributed by atoms with Crippen LogP contribution in [0.25, 0.3) is 0 Å². The predicted molar refractivity (Wildman–Crippen MR) is 70.6 cm³/mol. The van der Waals surface area contributed by atoms with E-state index in [0.717, 1.165) is 10.0 Å². The summed E-state index contributed by atoms with van der Waals surface area (Å²) in [4.78, 5) is 8.37. The molecule has 2 rings (SSSR count). The maximum Gasteiger partial charge on any atom is 0.151 e. The summed E-state index contributed by atoms with van der Waals surface area (Å²) < 4.78 is 0.934. The van der Waals surface area contributed by atoms with Crippen LogP contribution < -0.4 is 0 Å². The first-order valence-electron chi connectivity index (χ1n) is 4.66. The Labute approximate surface area is 107 Å². The molecule has 2 nitrogen and oxygen atoms in total. The third kappa shape index (κ3) is 2.90. The van der Waals surface area contributed by atoms with Crippen molar-refractivity contribution in [1.82, 2.24) is 4.98 Å². The van der Waals surface area contributed by atoms with Gasteiger partial charge in [-0.25, -0.2) is 9.98 Å². The molecule has 0 bridgehead atoms. The van der Waals surface area contributed by atoms with E-state index >= 15 is 0 Å². The summed E-state index contributed by atoms with van der Waals surface area (Å²) in [5, 5.41) is 0.684. The van der Waals surface area contributed by atoms with Gasteiger partial charge in [0.05, 0.1) is 0 Å². The van der Waals surface area contributed by atoms with Crippen LogP contribution in [-0.2, 0) is 0 Å². The largest absolute Gasteiger partial charge is 0.237 e. The topological polar surface area (TPSA) is 25.2 Å². The van der Waals surface area contributed by atoms with Gasteiger partial charge in [0.2, 0.25) is 0 Å². The van der Waals surface area contributed by atoms with Crippen LogP contribution in [0.4, 0.5) is 5.82 Å². The minimum Gasteiger partial charge on any atom is -0.237 e. The average Bonchev–Trinajstić information content (AvgIpc) is 2.30. The maximum atomic E-state index is 6.00. The molecule has 0 radical (unpaired) electrons. The molecule has 0 aliphatic heterocycles. The highest BCUT2D eigenvalue weighted by atomic mass is 79.9. The van der Waals surface area contributed by atoms with Gasteiger partial charge >= 0.3 is 0 Å². The summed E-state index contributed by atoms with van der Waals surface area (Å²) in [6.45, 7) is 0. The normalized spacial score (nSPS) is 10.9. The van der Waals surface area contributed by atoms with E-state index in [4.69, 9.17) is 11.6 Å². The van der Waals surface area contributed by atoms with Crippen LogP contribution in [0.1, 0.15) is 5.56 Å². The quantitative estimate of drug-likeness (QED) is 0.760. The van der Waals surface area contributed by atoms with Gasteiger partial charge in [-0.15, -0.1) is 0 Å². The number of aliphatic imine (C=N–C) groups is 1. The summed E-state index contributed by atoms with van der Waals surface area (Å²) >= 11 is 9.31. The molecule has 0 N–H and O–H groups in total. The van der Waals surface area contributed by atoms with Gasteiger partial charge in [-0.05, 0) is 34.1 Å². The van der Waals surface area contributed by atoms with E-state index in [2.05, 4.69) is 25.9 Å². The maximum absolute atomic E-state index is 6.00. The molecule has 16 heavy (non-hydrogen) atoms. The number of hydrogen-bond acceptors (Lipinski definition) is 2. The van der Waals surface area contributed by atoms with E-state index in [1.54, 1.807) is 12.4 Å². The zero-order valence-corrected chi connectivity index (χ0v) is 10.6. The molecule has 0 aliphatic carbocycles. The van der Waals surface area contributed by atoms with Crippen molar-refractivity contribution in [3.8, 4) is 0 Å². The molecule has 4 heteroatoms. The lowest BCUT2D eigenvalue weighted by Gasteiger charge is -1.96. The number of hydrogen-bond donors (Lipinski definition) is 0. The first kappa shape index (κ1) is 11.3. The SMILES string of the molecule is Clc1ccccc1/C=N/c1ccc(Br)cn1. The third-order valence-electron chi connectivity index (χ3n) is 1.95. The number of aromatic nitrogens is 1. The Hall–Kier alpha value is -1.19. The average molecular weight is 296 g/mol. The number of halogens is 2. The minimum absolute atomic E-state index is 0.656. The van der Waals surface area contributed by atoms with E-state index in [0.29, 0.717) is 10.8 Å². The lowest BCUT2D eigenvalue weighted by Crippen LogP contribution is -1.82. The van der Waals surface area contributed by atoms with Gasteiger partial charge < -0.3 is 0 Å². The molecule has 80 valence electrons. The van der Waals surface area contributed by atoms with Crippen molar-refractivity contribution in [2.24, 2.45) is 4.99 Å². The van der Waals surface area contributed by atoms with Gasteiger partial charge in [0.1, 0.15) is 0 Å². The molecule has 0 saturated heterocycles. The Morgan fingerprint density at radius 1 is 1.19 bits per heavy atom. The van der Waals surface area contributed by atoms with Crippen molar-refractivity contribution in [3.63, 3.8) is 0 Å². The number of nitrogens with zero attached hydrogens (tertiary/aromatic N) is 2. The summed E-state index contributed by atoms with van der Waals surface area (Å²) in [6.07, 6.45) is 3.41. The number of pyridine rings is 1. The molecule has 1 aromatic heterocycles. The number of rotatable bonds is 2. The van der Waals surface area contributed by atoms with E-state index < -0.39 is 0 Å². The molecule has 0 saturated carbocycles. The molecule has 0 spiro atoms. The molecule has 2 aromatic rings. The van der Waals surface area contributed by atoms with Crippen LogP contribution >= 0.6 is 27.5 Å². The van der Waals surface area contributed by atoms with E-state index in [1.165, 1.54) is 0 Å². The molecule has 0 fully saturated rings. The van der Waals surface area contributed by atoms with Crippen molar-refractivity contribution in [3.05, 3.63) is 57.7 Å². The Morgan fingerprint density at radius 3 is 2.69 bits per heavy atom. The van der Waals surface area contributed by atoms with Crippen molar-refractivity contribution in [2.75, 3.05) is 0 Å². The minimum atomic E-state index is 0.656. The summed E-state index contributed by atoms with van der Waals surface area (Å²) in [5.41, 5.74) is 0.883. The monoisotopic (exact) mass is 294 g/mol. The van der Waals surface area contributed by atoms with Gasteiger partial charge in [0.25, 0.3) is 0 Å². The fourth-order valence-corrected chi connectivity index (χ4v) is 1.58. The van der Waals surface area contributed by atoms with Crippen LogP contribution in [-0.4, -0.2) is 11.2 Å². The fraction of sp³-hybridized carbons (Fsp3) is 0. The van der Waals surface area contributed by atoms with Crippen LogP contribution in [0.2, 0.25) is 5.02 Å². The second-order valence-electron chi connectivity index (χ2n) is 3.11. The third-order valence-corrected chi connectivity index (χ3v) is 2.77. The second kappa shape index (κ2) is 5.23. The molecule has 1 heterocycles. The Bertz CT molecular complexity index is 509. The summed E-state index contributed by atoms with van der Waals surface area (Å²) in [6, 6.07) is 11.3. The highest BCUT2D eigenvalue weighted by Crippen LogP contribution is 2.15. The standard InChI is InChI=1S/C12H8BrClN2/c13-10-5-6-12(16-8-10)15-7-9-3-1-2-4-11(9)14/h1-8H/b15-7+. The smallest absolute Gasteiger partial charge is 0.151 e. The highest BCUT2D eigenvalue weighted by Gasteiger charge is 1.95. The first-order chi connectivity index (χ1) is 7.75. The van der Waals surface area contributed by atoms with Gasteiger partial charge in [0, 0.05) is 27.5 Å². The lowest BCUT2D eigenvalue weighted by atomic mass is 10.2. The van der Waals surface area contributed by atoms with Gasteiger partial charge in [-0.1, -0.05) is 29.8 Å². The molecule has 0 atom stereocenters.